The summed E-state index contributed by atoms with van der Waals surface area (Å²) < 4.78 is 12.9. The summed E-state index contributed by atoms with van der Waals surface area (Å²) in [7, 11) is 0. The van der Waals surface area contributed by atoms with Gasteiger partial charge in [-0.25, -0.2) is 9.78 Å². The van der Waals surface area contributed by atoms with Crippen LogP contribution in [0.4, 0.5) is 0 Å². The van der Waals surface area contributed by atoms with Crippen molar-refractivity contribution in [3.8, 4) is 17.1 Å². The Labute approximate surface area is 192 Å². The molecule has 0 aliphatic carbocycles. The van der Waals surface area contributed by atoms with E-state index < -0.39 is 11.6 Å². The maximum absolute atomic E-state index is 13.4. The van der Waals surface area contributed by atoms with E-state index in [0.717, 1.165) is 39.9 Å². The number of hydrogen-bond donors (Lipinski definition) is 1. The van der Waals surface area contributed by atoms with Crippen LogP contribution in [0.1, 0.15) is 63.3 Å². The van der Waals surface area contributed by atoms with Crippen molar-refractivity contribution >= 4 is 16.9 Å². The molecule has 0 bridgehead atoms. The van der Waals surface area contributed by atoms with E-state index in [1.54, 1.807) is 17.6 Å². The number of aliphatic hydroxyl groups is 1. The lowest BCUT2D eigenvalue weighted by Gasteiger charge is -2.31. The van der Waals surface area contributed by atoms with Gasteiger partial charge in [-0.15, -0.1) is 0 Å². The van der Waals surface area contributed by atoms with Crippen LogP contribution in [0.3, 0.4) is 0 Å². The minimum atomic E-state index is -1.82. The number of carbonyl (C=O) groups excluding carboxylic acids is 1. The SMILES string of the molecule is CCc1c2c(nc3ccc(OC(C)(C)C)cc13)-c1cc3c(c(=O)n1C2)COC(=O)C3(O)CC. The molecule has 0 radical (unpaired) electrons. The number of carbonyl (C=O) groups is 1. The van der Waals surface area contributed by atoms with Gasteiger partial charge in [0.1, 0.15) is 18.0 Å². The van der Waals surface area contributed by atoms with E-state index in [1.807, 2.05) is 39.0 Å². The van der Waals surface area contributed by atoms with Gasteiger partial charge in [0, 0.05) is 16.5 Å². The number of cyclic esters (lactones) is 1. The van der Waals surface area contributed by atoms with Crippen molar-refractivity contribution in [1.29, 1.82) is 0 Å². The first-order chi connectivity index (χ1) is 15.6. The molecular weight excluding hydrogens is 420 g/mol. The third-order valence-electron chi connectivity index (χ3n) is 6.55. The summed E-state index contributed by atoms with van der Waals surface area (Å²) in [5.74, 6) is 0.0606. The van der Waals surface area contributed by atoms with Gasteiger partial charge >= 0.3 is 5.97 Å². The molecule has 1 atom stereocenters. The number of benzene rings is 1. The standard InChI is InChI=1S/C26H28N2O5/c1-6-15-16-10-14(33-25(3,4)5)8-9-20(16)27-22-17(15)12-28-21(22)11-19-18(23(28)29)13-32-24(30)26(19,31)7-2/h8-11,31H,6-7,12-13H2,1-5H3. The van der Waals surface area contributed by atoms with Crippen molar-refractivity contribution in [2.24, 2.45) is 0 Å². The van der Waals surface area contributed by atoms with Gasteiger partial charge < -0.3 is 19.1 Å². The second kappa shape index (κ2) is 7.15. The lowest BCUT2D eigenvalue weighted by Crippen LogP contribution is -2.44. The zero-order valence-corrected chi connectivity index (χ0v) is 19.6. The Bertz CT molecular complexity index is 1380. The van der Waals surface area contributed by atoms with Crippen LogP contribution < -0.4 is 10.3 Å². The van der Waals surface area contributed by atoms with Crippen molar-refractivity contribution in [3.63, 3.8) is 0 Å². The van der Waals surface area contributed by atoms with Crippen LogP contribution >= 0.6 is 0 Å². The molecule has 7 nitrogen and oxygen atoms in total. The van der Waals surface area contributed by atoms with Crippen LogP contribution in [0.25, 0.3) is 22.3 Å². The van der Waals surface area contributed by atoms with Gasteiger partial charge in [-0.05, 0) is 63.4 Å². The normalized spacial score (nSPS) is 19.2. The quantitative estimate of drug-likeness (QED) is 0.479. The first-order valence-corrected chi connectivity index (χ1v) is 11.4. The highest BCUT2D eigenvalue weighted by molar-refractivity contribution is 5.90. The lowest BCUT2D eigenvalue weighted by atomic mass is 9.86. The number of aryl methyl sites for hydroxylation is 1. The summed E-state index contributed by atoms with van der Waals surface area (Å²) in [4.78, 5) is 30.7. The summed E-state index contributed by atoms with van der Waals surface area (Å²) in [5, 5.41) is 12.0. The molecule has 2 aliphatic rings. The zero-order valence-electron chi connectivity index (χ0n) is 19.6. The Kier molecular flexibility index (Phi) is 4.69. The predicted molar refractivity (Wildman–Crippen MR) is 124 cm³/mol. The molecule has 4 heterocycles. The molecule has 1 aromatic carbocycles. The number of rotatable bonds is 3. The van der Waals surface area contributed by atoms with E-state index in [9.17, 15) is 14.7 Å². The van der Waals surface area contributed by atoms with Crippen molar-refractivity contribution < 1.29 is 19.4 Å². The Morgan fingerprint density at radius 1 is 1.18 bits per heavy atom. The van der Waals surface area contributed by atoms with E-state index in [0.29, 0.717) is 23.4 Å². The molecule has 0 saturated carbocycles. The van der Waals surface area contributed by atoms with E-state index in [2.05, 4.69) is 6.92 Å². The first-order valence-electron chi connectivity index (χ1n) is 11.4. The fraction of sp³-hybridized carbons (Fsp3) is 0.423. The maximum Gasteiger partial charge on any atom is 0.343 e. The van der Waals surface area contributed by atoms with Crippen LogP contribution in [0.15, 0.2) is 29.1 Å². The fourth-order valence-corrected chi connectivity index (χ4v) is 4.96. The summed E-state index contributed by atoms with van der Waals surface area (Å²) in [6, 6.07) is 7.62. The molecule has 1 N–H and O–H groups in total. The van der Waals surface area contributed by atoms with Crippen LogP contribution in [-0.4, -0.2) is 26.2 Å². The molecule has 7 heteroatoms. The Morgan fingerprint density at radius 2 is 1.94 bits per heavy atom. The molecule has 0 saturated heterocycles. The number of nitrogens with zero attached hydrogens (tertiary/aromatic N) is 2. The topological polar surface area (TPSA) is 90.6 Å². The molecule has 3 aromatic rings. The van der Waals surface area contributed by atoms with Crippen LogP contribution in [0.2, 0.25) is 0 Å². The van der Waals surface area contributed by atoms with Crippen molar-refractivity contribution in [2.45, 2.75) is 71.8 Å². The van der Waals surface area contributed by atoms with Gasteiger partial charge in [-0.3, -0.25) is 4.79 Å². The number of esters is 1. The Balaban J connectivity index is 1.74. The second-order valence-electron chi connectivity index (χ2n) is 9.77. The van der Waals surface area contributed by atoms with Gasteiger partial charge in [0.25, 0.3) is 5.56 Å². The predicted octanol–water partition coefficient (Wildman–Crippen LogP) is 3.82. The van der Waals surface area contributed by atoms with Gasteiger partial charge in [-0.1, -0.05) is 13.8 Å². The summed E-state index contributed by atoms with van der Waals surface area (Å²) in [6.07, 6.45) is 0.889. The molecule has 33 heavy (non-hydrogen) atoms. The number of aromatic nitrogens is 2. The van der Waals surface area contributed by atoms with Crippen LogP contribution in [0, 0.1) is 0 Å². The highest BCUT2D eigenvalue weighted by Gasteiger charge is 2.45. The van der Waals surface area contributed by atoms with Gasteiger partial charge in [0.2, 0.25) is 0 Å². The van der Waals surface area contributed by atoms with Crippen molar-refractivity contribution in [1.82, 2.24) is 9.55 Å². The number of fused-ring (bicyclic) bond motifs is 5. The molecule has 0 fully saturated rings. The number of ether oxygens (including phenoxy) is 2. The fourth-order valence-electron chi connectivity index (χ4n) is 4.96. The molecule has 2 aromatic heterocycles. The van der Waals surface area contributed by atoms with Crippen LogP contribution in [-0.2, 0) is 34.7 Å². The lowest BCUT2D eigenvalue weighted by molar-refractivity contribution is -0.172. The summed E-state index contributed by atoms with van der Waals surface area (Å²) in [6.45, 7) is 10.1. The van der Waals surface area contributed by atoms with Gasteiger partial charge in [0.05, 0.1) is 29.0 Å². The van der Waals surface area contributed by atoms with E-state index in [-0.39, 0.29) is 24.2 Å². The molecule has 0 spiro atoms. The number of hydrogen-bond acceptors (Lipinski definition) is 6. The van der Waals surface area contributed by atoms with E-state index >= 15 is 0 Å². The van der Waals surface area contributed by atoms with Gasteiger partial charge in [0.15, 0.2) is 5.60 Å². The zero-order chi connectivity index (χ0) is 23.7. The maximum atomic E-state index is 13.4. The average molecular weight is 449 g/mol. The molecule has 1 unspecified atom stereocenters. The monoisotopic (exact) mass is 448 g/mol. The van der Waals surface area contributed by atoms with E-state index in [4.69, 9.17) is 14.5 Å². The van der Waals surface area contributed by atoms with Gasteiger partial charge in [-0.2, -0.15) is 0 Å². The molecular formula is C26H28N2O5. The molecule has 2 aliphatic heterocycles. The molecule has 172 valence electrons. The number of pyridine rings is 2. The summed E-state index contributed by atoms with van der Waals surface area (Å²) in [5.41, 5.74) is 2.55. The Hall–Kier alpha value is -3.19. The minimum Gasteiger partial charge on any atom is -0.488 e. The highest BCUT2D eigenvalue weighted by Crippen LogP contribution is 2.40. The third-order valence-corrected chi connectivity index (χ3v) is 6.55. The van der Waals surface area contributed by atoms with Crippen molar-refractivity contribution in [2.75, 3.05) is 0 Å². The summed E-state index contributed by atoms with van der Waals surface area (Å²) >= 11 is 0. The first kappa shape index (κ1) is 21.6. The Morgan fingerprint density at radius 3 is 2.61 bits per heavy atom. The minimum absolute atomic E-state index is 0.122. The highest BCUT2D eigenvalue weighted by atomic mass is 16.6. The smallest absolute Gasteiger partial charge is 0.343 e. The molecule has 0 amide bonds. The average Bonchev–Trinajstić information content (AvgIpc) is 3.12. The molecule has 5 rings (SSSR count). The third kappa shape index (κ3) is 3.17. The van der Waals surface area contributed by atoms with Crippen LogP contribution in [0.5, 0.6) is 5.75 Å². The second-order valence-corrected chi connectivity index (χ2v) is 9.77. The van der Waals surface area contributed by atoms with E-state index in [1.165, 1.54) is 0 Å². The largest absolute Gasteiger partial charge is 0.488 e. The van der Waals surface area contributed by atoms with Crippen molar-refractivity contribution in [3.05, 3.63) is 56.9 Å².